The van der Waals surface area contributed by atoms with E-state index < -0.39 is 0 Å². The number of rotatable bonds is 1. The lowest BCUT2D eigenvalue weighted by atomic mass is 10.0. The van der Waals surface area contributed by atoms with Gasteiger partial charge in [0.15, 0.2) is 0 Å². The van der Waals surface area contributed by atoms with Gasteiger partial charge in [0.1, 0.15) is 0 Å². The summed E-state index contributed by atoms with van der Waals surface area (Å²) in [5.74, 6) is 0. The number of nitrogen functional groups attached to an aromatic ring is 1. The van der Waals surface area contributed by atoms with E-state index in [1.54, 1.807) is 0 Å². The van der Waals surface area contributed by atoms with Crippen LogP contribution in [0, 0.1) is 0 Å². The van der Waals surface area contributed by atoms with E-state index in [2.05, 4.69) is 46.1 Å². The molecule has 0 atom stereocenters. The molecule has 0 bridgehead atoms. The second kappa shape index (κ2) is 4.04. The Morgan fingerprint density at radius 2 is 2.29 bits per heavy atom. The van der Waals surface area contributed by atoms with Gasteiger partial charge >= 0.3 is 0 Å². The van der Waals surface area contributed by atoms with Crippen molar-refractivity contribution in [1.29, 1.82) is 0 Å². The molecule has 0 radical (unpaired) electrons. The van der Waals surface area contributed by atoms with Crippen molar-refractivity contribution in [2.75, 3.05) is 17.6 Å². The minimum atomic E-state index is 0.833. The second-order valence-corrected chi connectivity index (χ2v) is 3.83. The number of fused-ring (bicyclic) bond motifs is 1. The van der Waals surface area contributed by atoms with E-state index in [4.69, 9.17) is 5.73 Å². The number of hydrogen-bond donors (Lipinski definition) is 2. The van der Waals surface area contributed by atoms with Crippen LogP contribution in [0.1, 0.15) is 11.1 Å². The van der Waals surface area contributed by atoms with Crippen LogP contribution in [0.5, 0.6) is 0 Å². The number of halogens is 1. The fourth-order valence-electron chi connectivity index (χ4n) is 1.55. The zero-order chi connectivity index (χ0) is 9.97. The maximum Gasteiger partial charge on any atom is 0.0656 e. The van der Waals surface area contributed by atoms with Gasteiger partial charge in [-0.05, 0) is 21.3 Å². The van der Waals surface area contributed by atoms with Crippen LogP contribution < -0.4 is 11.1 Å². The van der Waals surface area contributed by atoms with Crippen molar-refractivity contribution in [3.63, 3.8) is 0 Å². The summed E-state index contributed by atoms with van der Waals surface area (Å²) in [7, 11) is 0. The van der Waals surface area contributed by atoms with Crippen LogP contribution in [-0.2, 0) is 0 Å². The molecule has 0 spiro atoms. The van der Waals surface area contributed by atoms with E-state index >= 15 is 0 Å². The van der Waals surface area contributed by atoms with Crippen molar-refractivity contribution >= 4 is 46.1 Å². The van der Waals surface area contributed by atoms with E-state index in [1.165, 1.54) is 5.56 Å². The summed E-state index contributed by atoms with van der Waals surface area (Å²) in [5, 5.41) is 3.28. The molecule has 1 aliphatic rings. The molecule has 0 saturated carbocycles. The smallest absolute Gasteiger partial charge is 0.0656 e. The third kappa shape index (κ3) is 1.64. The van der Waals surface area contributed by atoms with Crippen molar-refractivity contribution in [2.24, 2.45) is 0 Å². The van der Waals surface area contributed by atoms with Crippen LogP contribution in [0.15, 0.2) is 22.3 Å². The lowest BCUT2D eigenvalue weighted by molar-refractivity contribution is 1.31. The minimum absolute atomic E-state index is 0.833. The fraction of sp³-hybridized carbons (Fsp3) is 0.0909. The monoisotopic (exact) mass is 298 g/mol. The van der Waals surface area contributed by atoms with Crippen molar-refractivity contribution in [3.05, 3.63) is 33.4 Å². The van der Waals surface area contributed by atoms with Gasteiger partial charge in [0, 0.05) is 6.54 Å². The number of nitrogens with two attached hydrogens (primary N) is 1. The molecule has 14 heavy (non-hydrogen) atoms. The standard InChI is InChI=1S/C11H11IN2/c12-6-5-8-3-4-9-2-1-7-14-11(9)10(8)13/h1-6,14H,7,13H2/b6-5-. The topological polar surface area (TPSA) is 38.0 Å². The Morgan fingerprint density at radius 1 is 1.43 bits per heavy atom. The van der Waals surface area contributed by atoms with E-state index in [0.717, 1.165) is 23.5 Å². The molecule has 1 aliphatic heterocycles. The molecule has 72 valence electrons. The van der Waals surface area contributed by atoms with Crippen molar-refractivity contribution in [1.82, 2.24) is 0 Å². The zero-order valence-corrected chi connectivity index (χ0v) is 9.78. The summed E-state index contributed by atoms with van der Waals surface area (Å²) < 4.78 is 1.97. The largest absolute Gasteiger partial charge is 0.397 e. The molecule has 2 rings (SSSR count). The highest BCUT2D eigenvalue weighted by molar-refractivity contribution is 14.1. The van der Waals surface area contributed by atoms with E-state index in [-0.39, 0.29) is 0 Å². The molecule has 0 aromatic heterocycles. The number of hydrogen-bond acceptors (Lipinski definition) is 2. The Kier molecular flexibility index (Phi) is 2.77. The van der Waals surface area contributed by atoms with Crippen LogP contribution in [0.3, 0.4) is 0 Å². The van der Waals surface area contributed by atoms with Gasteiger partial charge in [-0.1, -0.05) is 46.9 Å². The van der Waals surface area contributed by atoms with Gasteiger partial charge in [0.2, 0.25) is 0 Å². The maximum absolute atomic E-state index is 6.04. The maximum atomic E-state index is 6.04. The predicted octanol–water partition coefficient (Wildman–Crippen LogP) is 3.11. The fourth-order valence-corrected chi connectivity index (χ4v) is 1.94. The first-order valence-electron chi connectivity index (χ1n) is 4.42. The van der Waals surface area contributed by atoms with Crippen molar-refractivity contribution in [2.45, 2.75) is 0 Å². The van der Waals surface area contributed by atoms with E-state index in [0.29, 0.717) is 0 Å². The first-order chi connectivity index (χ1) is 6.83. The Labute approximate surface area is 97.0 Å². The summed E-state index contributed by atoms with van der Waals surface area (Å²) >= 11 is 2.19. The average molecular weight is 298 g/mol. The molecule has 0 aliphatic carbocycles. The first-order valence-corrected chi connectivity index (χ1v) is 5.67. The summed E-state index contributed by atoms with van der Waals surface area (Å²) in [6.45, 7) is 0.856. The van der Waals surface area contributed by atoms with Gasteiger partial charge in [-0.15, -0.1) is 0 Å². The van der Waals surface area contributed by atoms with E-state index in [1.807, 2.05) is 16.2 Å². The molecule has 1 aromatic rings. The summed E-state index contributed by atoms with van der Waals surface area (Å²) in [6, 6.07) is 4.13. The average Bonchev–Trinajstić information content (AvgIpc) is 2.23. The van der Waals surface area contributed by atoms with Crippen LogP contribution in [-0.4, -0.2) is 6.54 Å². The van der Waals surface area contributed by atoms with Crippen LogP contribution in [0.2, 0.25) is 0 Å². The highest BCUT2D eigenvalue weighted by atomic mass is 127. The molecule has 0 saturated heterocycles. The normalized spacial score (nSPS) is 14.1. The third-order valence-corrected chi connectivity index (χ3v) is 2.61. The lowest BCUT2D eigenvalue weighted by Gasteiger charge is -2.16. The predicted molar refractivity (Wildman–Crippen MR) is 71.4 cm³/mol. The van der Waals surface area contributed by atoms with Gasteiger partial charge in [0.25, 0.3) is 0 Å². The van der Waals surface area contributed by atoms with Gasteiger partial charge in [-0.2, -0.15) is 0 Å². The zero-order valence-electron chi connectivity index (χ0n) is 7.63. The second-order valence-electron chi connectivity index (χ2n) is 3.11. The molecule has 2 nitrogen and oxygen atoms in total. The van der Waals surface area contributed by atoms with Gasteiger partial charge in [-0.3, -0.25) is 0 Å². The van der Waals surface area contributed by atoms with Crippen LogP contribution in [0.25, 0.3) is 12.2 Å². The number of anilines is 2. The molecule has 0 amide bonds. The van der Waals surface area contributed by atoms with Crippen LogP contribution in [0.4, 0.5) is 11.4 Å². The molecule has 0 fully saturated rings. The summed E-state index contributed by atoms with van der Waals surface area (Å²) in [6.07, 6.45) is 6.20. The lowest BCUT2D eigenvalue weighted by Crippen LogP contribution is -2.08. The molecule has 0 unspecified atom stereocenters. The van der Waals surface area contributed by atoms with Crippen molar-refractivity contribution < 1.29 is 0 Å². The first kappa shape index (κ1) is 9.58. The van der Waals surface area contributed by atoms with Crippen molar-refractivity contribution in [3.8, 4) is 0 Å². The Hall–Kier alpha value is -0.970. The Bertz CT molecular complexity index is 408. The SMILES string of the molecule is Nc1c(/C=C\I)ccc2c1NCC=C2. The summed E-state index contributed by atoms with van der Waals surface area (Å²) in [5.41, 5.74) is 10.2. The molecule has 1 heterocycles. The third-order valence-electron chi connectivity index (χ3n) is 2.25. The van der Waals surface area contributed by atoms with Gasteiger partial charge in [-0.25, -0.2) is 0 Å². The molecule has 1 aromatic carbocycles. The number of nitrogens with one attached hydrogen (secondary N) is 1. The van der Waals surface area contributed by atoms with Gasteiger partial charge in [0.05, 0.1) is 11.4 Å². The molecular formula is C11H11IN2. The quantitative estimate of drug-likeness (QED) is 0.617. The van der Waals surface area contributed by atoms with Crippen LogP contribution >= 0.6 is 22.6 Å². The molecule has 3 heteroatoms. The highest BCUT2D eigenvalue weighted by Gasteiger charge is 2.09. The Balaban J connectivity index is 2.55. The molecular weight excluding hydrogens is 287 g/mol. The highest BCUT2D eigenvalue weighted by Crippen LogP contribution is 2.31. The summed E-state index contributed by atoms with van der Waals surface area (Å²) in [4.78, 5) is 0. The minimum Gasteiger partial charge on any atom is -0.397 e. The molecule has 3 N–H and O–H groups in total. The van der Waals surface area contributed by atoms with Gasteiger partial charge < -0.3 is 11.1 Å². The number of benzene rings is 1. The Morgan fingerprint density at radius 3 is 3.07 bits per heavy atom. The van der Waals surface area contributed by atoms with E-state index in [9.17, 15) is 0 Å².